The number of hydrogen-bond acceptors (Lipinski definition) is 5. The summed E-state index contributed by atoms with van der Waals surface area (Å²) in [5.41, 5.74) is 1.82. The molecule has 27 heavy (non-hydrogen) atoms. The average Bonchev–Trinajstić information content (AvgIpc) is 2.61. The summed E-state index contributed by atoms with van der Waals surface area (Å²) in [6.07, 6.45) is 2.02. The molecular weight excluding hydrogens is 344 g/mol. The molecule has 2 aromatic carbocycles. The van der Waals surface area contributed by atoms with Gasteiger partial charge in [-0.25, -0.2) is 4.79 Å². The maximum atomic E-state index is 12.4. The van der Waals surface area contributed by atoms with Crippen molar-refractivity contribution < 1.29 is 23.8 Å². The van der Waals surface area contributed by atoms with Crippen molar-refractivity contribution in [2.45, 2.75) is 45.6 Å². The van der Waals surface area contributed by atoms with Gasteiger partial charge in [0.15, 0.2) is 0 Å². The predicted octanol–water partition coefficient (Wildman–Crippen LogP) is 4.12. The van der Waals surface area contributed by atoms with E-state index in [4.69, 9.17) is 14.2 Å². The standard InChI is InChI=1S/C22H24O5/c1-22(2,3)27-20(23)13-15-6-9-18(10-7-15)26-21(24)17-8-11-19-16(14-17)5-4-12-25-19/h6-11,14H,4-5,12-13H2,1-3H3. The van der Waals surface area contributed by atoms with E-state index in [1.807, 2.05) is 32.9 Å². The summed E-state index contributed by atoms with van der Waals surface area (Å²) in [5.74, 6) is 0.568. The van der Waals surface area contributed by atoms with Gasteiger partial charge in [0, 0.05) is 0 Å². The van der Waals surface area contributed by atoms with Gasteiger partial charge in [0.2, 0.25) is 0 Å². The number of esters is 2. The van der Waals surface area contributed by atoms with E-state index in [0.717, 1.165) is 29.7 Å². The third kappa shape index (κ3) is 5.33. The largest absolute Gasteiger partial charge is 0.493 e. The first-order valence-corrected chi connectivity index (χ1v) is 9.09. The number of carbonyl (C=O) groups excluding carboxylic acids is 2. The van der Waals surface area contributed by atoms with Crippen LogP contribution in [0.15, 0.2) is 42.5 Å². The van der Waals surface area contributed by atoms with Gasteiger partial charge in [-0.3, -0.25) is 4.79 Å². The first kappa shape index (κ1) is 19.0. The molecule has 142 valence electrons. The molecule has 0 bridgehead atoms. The summed E-state index contributed by atoms with van der Waals surface area (Å²) >= 11 is 0. The van der Waals surface area contributed by atoms with Crippen LogP contribution in [0.3, 0.4) is 0 Å². The quantitative estimate of drug-likeness (QED) is 0.600. The third-order valence-electron chi connectivity index (χ3n) is 4.05. The lowest BCUT2D eigenvalue weighted by molar-refractivity contribution is -0.153. The Morgan fingerprint density at radius 1 is 1.07 bits per heavy atom. The molecule has 0 radical (unpaired) electrons. The summed E-state index contributed by atoms with van der Waals surface area (Å²) in [7, 11) is 0. The maximum Gasteiger partial charge on any atom is 0.343 e. The van der Waals surface area contributed by atoms with Crippen LogP contribution in [0.4, 0.5) is 0 Å². The van der Waals surface area contributed by atoms with E-state index >= 15 is 0 Å². The Kier molecular flexibility index (Phi) is 5.49. The van der Waals surface area contributed by atoms with Crippen molar-refractivity contribution >= 4 is 11.9 Å². The van der Waals surface area contributed by atoms with E-state index in [1.54, 1.807) is 30.3 Å². The van der Waals surface area contributed by atoms with Gasteiger partial charge in [0.1, 0.15) is 17.1 Å². The monoisotopic (exact) mass is 368 g/mol. The summed E-state index contributed by atoms with van der Waals surface area (Å²) in [6, 6.07) is 12.2. The van der Waals surface area contributed by atoms with Gasteiger partial charge >= 0.3 is 11.9 Å². The van der Waals surface area contributed by atoms with Crippen LogP contribution in [-0.4, -0.2) is 24.1 Å². The SMILES string of the molecule is CC(C)(C)OC(=O)Cc1ccc(OC(=O)c2ccc3c(c2)CCCO3)cc1. The molecule has 0 amide bonds. The first-order valence-electron chi connectivity index (χ1n) is 9.09. The normalized spacial score (nSPS) is 13.3. The average molecular weight is 368 g/mol. The van der Waals surface area contributed by atoms with E-state index in [2.05, 4.69) is 0 Å². The van der Waals surface area contributed by atoms with E-state index in [0.29, 0.717) is 17.9 Å². The second-order valence-electron chi connectivity index (χ2n) is 7.57. The van der Waals surface area contributed by atoms with Crippen LogP contribution < -0.4 is 9.47 Å². The number of hydrogen-bond donors (Lipinski definition) is 0. The Bertz CT molecular complexity index is 831. The van der Waals surface area contributed by atoms with Crippen molar-refractivity contribution in [2.75, 3.05) is 6.61 Å². The Morgan fingerprint density at radius 2 is 1.81 bits per heavy atom. The Labute approximate surface area is 159 Å². The fourth-order valence-electron chi connectivity index (χ4n) is 2.87. The number of carbonyl (C=O) groups is 2. The minimum Gasteiger partial charge on any atom is -0.493 e. The van der Waals surface area contributed by atoms with Crippen molar-refractivity contribution in [2.24, 2.45) is 0 Å². The lowest BCUT2D eigenvalue weighted by Crippen LogP contribution is -2.24. The lowest BCUT2D eigenvalue weighted by atomic mass is 10.0. The molecule has 0 N–H and O–H groups in total. The molecule has 5 heteroatoms. The maximum absolute atomic E-state index is 12.4. The molecule has 1 heterocycles. The smallest absolute Gasteiger partial charge is 0.343 e. The molecule has 0 aliphatic carbocycles. The molecular formula is C22H24O5. The summed E-state index contributed by atoms with van der Waals surface area (Å²) in [6.45, 7) is 6.22. The van der Waals surface area contributed by atoms with Crippen LogP contribution in [0.2, 0.25) is 0 Å². The number of benzene rings is 2. The van der Waals surface area contributed by atoms with Crippen LogP contribution in [0.25, 0.3) is 0 Å². The van der Waals surface area contributed by atoms with Crippen molar-refractivity contribution in [1.29, 1.82) is 0 Å². The molecule has 0 saturated carbocycles. The van der Waals surface area contributed by atoms with Crippen molar-refractivity contribution in [1.82, 2.24) is 0 Å². The van der Waals surface area contributed by atoms with Crippen LogP contribution >= 0.6 is 0 Å². The highest BCUT2D eigenvalue weighted by Crippen LogP contribution is 2.26. The molecule has 2 aromatic rings. The van der Waals surface area contributed by atoms with E-state index in [9.17, 15) is 9.59 Å². The highest BCUT2D eigenvalue weighted by Gasteiger charge is 2.17. The zero-order chi connectivity index (χ0) is 19.4. The predicted molar refractivity (Wildman–Crippen MR) is 101 cm³/mol. The second kappa shape index (κ2) is 7.82. The topological polar surface area (TPSA) is 61.8 Å². The zero-order valence-corrected chi connectivity index (χ0v) is 15.9. The molecule has 1 aliphatic rings. The van der Waals surface area contributed by atoms with Gasteiger partial charge in [0.05, 0.1) is 18.6 Å². The molecule has 0 saturated heterocycles. The minimum absolute atomic E-state index is 0.177. The molecule has 0 spiro atoms. The fraction of sp³-hybridized carbons (Fsp3) is 0.364. The van der Waals surface area contributed by atoms with Gasteiger partial charge in [0.25, 0.3) is 0 Å². The number of fused-ring (bicyclic) bond motifs is 1. The summed E-state index contributed by atoms with van der Waals surface area (Å²) in [5, 5.41) is 0. The molecule has 3 rings (SSSR count). The third-order valence-corrected chi connectivity index (χ3v) is 4.05. The highest BCUT2D eigenvalue weighted by atomic mass is 16.6. The Balaban J connectivity index is 1.61. The molecule has 0 unspecified atom stereocenters. The van der Waals surface area contributed by atoms with E-state index in [-0.39, 0.29) is 12.4 Å². The molecule has 0 atom stereocenters. The fourth-order valence-corrected chi connectivity index (χ4v) is 2.87. The van der Waals surface area contributed by atoms with Crippen LogP contribution in [0.5, 0.6) is 11.5 Å². The van der Waals surface area contributed by atoms with Gasteiger partial charge in [-0.15, -0.1) is 0 Å². The Hall–Kier alpha value is -2.82. The van der Waals surface area contributed by atoms with E-state index in [1.165, 1.54) is 0 Å². The van der Waals surface area contributed by atoms with Gasteiger partial charge < -0.3 is 14.2 Å². The van der Waals surface area contributed by atoms with Gasteiger partial charge in [-0.2, -0.15) is 0 Å². The van der Waals surface area contributed by atoms with E-state index < -0.39 is 11.6 Å². The zero-order valence-electron chi connectivity index (χ0n) is 15.9. The van der Waals surface area contributed by atoms with Crippen molar-refractivity contribution in [3.05, 3.63) is 59.2 Å². The minimum atomic E-state index is -0.507. The lowest BCUT2D eigenvalue weighted by Gasteiger charge is -2.19. The Morgan fingerprint density at radius 3 is 2.52 bits per heavy atom. The van der Waals surface area contributed by atoms with Crippen LogP contribution in [0.1, 0.15) is 48.7 Å². The second-order valence-corrected chi connectivity index (χ2v) is 7.57. The number of rotatable bonds is 4. The van der Waals surface area contributed by atoms with Gasteiger partial charge in [-0.05, 0) is 75.1 Å². The first-order chi connectivity index (χ1) is 12.8. The van der Waals surface area contributed by atoms with Crippen molar-refractivity contribution in [3.8, 4) is 11.5 Å². The summed E-state index contributed by atoms with van der Waals surface area (Å²) in [4.78, 5) is 24.3. The molecule has 0 aromatic heterocycles. The number of ether oxygens (including phenoxy) is 3. The van der Waals surface area contributed by atoms with Crippen LogP contribution in [0, 0.1) is 0 Å². The molecule has 0 fully saturated rings. The number of aryl methyl sites for hydroxylation is 1. The highest BCUT2D eigenvalue weighted by molar-refractivity contribution is 5.91. The van der Waals surface area contributed by atoms with Crippen molar-refractivity contribution in [3.63, 3.8) is 0 Å². The molecule has 1 aliphatic heterocycles. The summed E-state index contributed by atoms with van der Waals surface area (Å²) < 4.78 is 16.3. The van der Waals surface area contributed by atoms with Crippen LogP contribution in [-0.2, 0) is 22.4 Å². The van der Waals surface area contributed by atoms with Gasteiger partial charge in [-0.1, -0.05) is 12.1 Å². The molecule has 5 nitrogen and oxygen atoms in total.